The third-order valence-corrected chi connectivity index (χ3v) is 3.99. The number of carboxylic acids is 1. The first kappa shape index (κ1) is 13.9. The second-order valence-corrected chi connectivity index (χ2v) is 5.38. The van der Waals surface area contributed by atoms with Crippen LogP contribution in [-0.2, 0) is 6.54 Å². The van der Waals surface area contributed by atoms with E-state index in [1.807, 2.05) is 36.6 Å². The molecule has 4 heteroatoms. The van der Waals surface area contributed by atoms with Gasteiger partial charge in [0.25, 0.3) is 0 Å². The van der Waals surface area contributed by atoms with Crippen molar-refractivity contribution in [3.05, 3.63) is 46.1 Å². The molecule has 0 fully saturated rings. The zero-order valence-corrected chi connectivity index (χ0v) is 12.6. The SMILES string of the molecule is CCCn1c(C(=O)O)ccc1-c1ccc(Br)c(C)c1. The smallest absolute Gasteiger partial charge is 0.352 e. The van der Waals surface area contributed by atoms with E-state index in [2.05, 4.69) is 22.0 Å². The fourth-order valence-electron chi connectivity index (χ4n) is 2.17. The minimum absolute atomic E-state index is 0.345. The summed E-state index contributed by atoms with van der Waals surface area (Å²) in [5.41, 5.74) is 3.48. The molecule has 0 radical (unpaired) electrons. The Morgan fingerprint density at radius 1 is 1.32 bits per heavy atom. The predicted molar refractivity (Wildman–Crippen MR) is 79.6 cm³/mol. The molecule has 1 aromatic heterocycles. The lowest BCUT2D eigenvalue weighted by Gasteiger charge is -2.11. The van der Waals surface area contributed by atoms with E-state index in [0.717, 1.165) is 27.7 Å². The Morgan fingerprint density at radius 2 is 2.05 bits per heavy atom. The van der Waals surface area contributed by atoms with Gasteiger partial charge in [-0.1, -0.05) is 28.9 Å². The van der Waals surface area contributed by atoms with Gasteiger partial charge in [-0.25, -0.2) is 4.79 Å². The van der Waals surface area contributed by atoms with E-state index >= 15 is 0 Å². The molecule has 0 saturated carbocycles. The third kappa shape index (κ3) is 2.73. The molecule has 0 spiro atoms. The number of aromatic carboxylic acids is 1. The van der Waals surface area contributed by atoms with Crippen LogP contribution in [0, 0.1) is 6.92 Å². The van der Waals surface area contributed by atoms with Gasteiger partial charge < -0.3 is 9.67 Å². The first-order valence-electron chi connectivity index (χ1n) is 6.24. The van der Waals surface area contributed by atoms with Crippen molar-refractivity contribution in [2.75, 3.05) is 0 Å². The van der Waals surface area contributed by atoms with Crippen molar-refractivity contribution in [2.24, 2.45) is 0 Å². The maximum atomic E-state index is 11.2. The average Bonchev–Trinajstić information content (AvgIpc) is 2.77. The Bertz CT molecular complexity index is 617. The maximum absolute atomic E-state index is 11.2. The van der Waals surface area contributed by atoms with Gasteiger partial charge in [0.15, 0.2) is 0 Å². The van der Waals surface area contributed by atoms with Crippen molar-refractivity contribution in [3.8, 4) is 11.3 Å². The Balaban J connectivity index is 2.55. The molecule has 100 valence electrons. The van der Waals surface area contributed by atoms with E-state index in [4.69, 9.17) is 0 Å². The second kappa shape index (κ2) is 5.61. The predicted octanol–water partition coefficient (Wildman–Crippen LogP) is 4.33. The maximum Gasteiger partial charge on any atom is 0.352 e. The summed E-state index contributed by atoms with van der Waals surface area (Å²) in [6.07, 6.45) is 0.900. The number of aryl methyl sites for hydroxylation is 1. The minimum Gasteiger partial charge on any atom is -0.477 e. The summed E-state index contributed by atoms with van der Waals surface area (Å²) in [5.74, 6) is -0.881. The number of rotatable bonds is 4. The van der Waals surface area contributed by atoms with Crippen LogP contribution < -0.4 is 0 Å². The summed E-state index contributed by atoms with van der Waals surface area (Å²) < 4.78 is 2.92. The number of aromatic nitrogens is 1. The van der Waals surface area contributed by atoms with Gasteiger partial charge in [0.05, 0.1) is 0 Å². The largest absolute Gasteiger partial charge is 0.477 e. The molecule has 0 atom stereocenters. The molecule has 1 N–H and O–H groups in total. The van der Waals surface area contributed by atoms with Gasteiger partial charge in [0, 0.05) is 16.7 Å². The molecule has 0 saturated heterocycles. The molecule has 2 rings (SSSR count). The lowest BCUT2D eigenvalue weighted by atomic mass is 10.1. The van der Waals surface area contributed by atoms with E-state index in [1.54, 1.807) is 6.07 Å². The van der Waals surface area contributed by atoms with Gasteiger partial charge >= 0.3 is 5.97 Å². The van der Waals surface area contributed by atoms with Crippen molar-refractivity contribution in [1.29, 1.82) is 0 Å². The number of carbonyl (C=O) groups is 1. The zero-order chi connectivity index (χ0) is 14.0. The fraction of sp³-hybridized carbons (Fsp3) is 0.267. The minimum atomic E-state index is -0.881. The molecule has 0 aliphatic heterocycles. The summed E-state index contributed by atoms with van der Waals surface area (Å²) >= 11 is 3.48. The van der Waals surface area contributed by atoms with Crippen LogP contribution in [0.2, 0.25) is 0 Å². The summed E-state index contributed by atoms with van der Waals surface area (Å²) in [7, 11) is 0. The van der Waals surface area contributed by atoms with Crippen LogP contribution in [0.15, 0.2) is 34.8 Å². The molecule has 0 aliphatic rings. The highest BCUT2D eigenvalue weighted by atomic mass is 79.9. The fourth-order valence-corrected chi connectivity index (χ4v) is 2.42. The molecule has 1 heterocycles. The van der Waals surface area contributed by atoms with Gasteiger partial charge in [-0.05, 0) is 48.7 Å². The molecule has 0 aliphatic carbocycles. The number of carboxylic acid groups (broad SMARTS) is 1. The lowest BCUT2D eigenvalue weighted by Crippen LogP contribution is -2.09. The molecule has 0 unspecified atom stereocenters. The van der Waals surface area contributed by atoms with E-state index in [0.29, 0.717) is 12.2 Å². The Labute approximate surface area is 121 Å². The van der Waals surface area contributed by atoms with Crippen LogP contribution in [0.1, 0.15) is 29.4 Å². The van der Waals surface area contributed by atoms with Crippen LogP contribution in [-0.4, -0.2) is 15.6 Å². The van der Waals surface area contributed by atoms with Crippen LogP contribution >= 0.6 is 15.9 Å². The molecule has 0 amide bonds. The second-order valence-electron chi connectivity index (χ2n) is 4.52. The number of hydrogen-bond acceptors (Lipinski definition) is 1. The van der Waals surface area contributed by atoms with Crippen LogP contribution in [0.4, 0.5) is 0 Å². The van der Waals surface area contributed by atoms with Crippen molar-refractivity contribution in [2.45, 2.75) is 26.8 Å². The lowest BCUT2D eigenvalue weighted by molar-refractivity contribution is 0.0685. The van der Waals surface area contributed by atoms with Gasteiger partial charge in [0.2, 0.25) is 0 Å². The van der Waals surface area contributed by atoms with Crippen LogP contribution in [0.3, 0.4) is 0 Å². The Hall–Kier alpha value is -1.55. The number of nitrogens with zero attached hydrogens (tertiary/aromatic N) is 1. The highest BCUT2D eigenvalue weighted by Crippen LogP contribution is 2.27. The van der Waals surface area contributed by atoms with E-state index in [9.17, 15) is 9.90 Å². The molecular formula is C15H16BrNO2. The molecule has 19 heavy (non-hydrogen) atoms. The monoisotopic (exact) mass is 321 g/mol. The summed E-state index contributed by atoms with van der Waals surface area (Å²) in [6, 6.07) is 9.61. The Kier molecular flexibility index (Phi) is 4.10. The standard InChI is InChI=1S/C15H16BrNO2/c1-3-8-17-13(6-7-14(17)15(18)19)11-4-5-12(16)10(2)9-11/h4-7,9H,3,8H2,1-2H3,(H,18,19). The number of benzene rings is 1. The number of halogens is 1. The van der Waals surface area contributed by atoms with Gasteiger partial charge in [-0.2, -0.15) is 0 Å². The van der Waals surface area contributed by atoms with Crippen molar-refractivity contribution >= 4 is 21.9 Å². The average molecular weight is 322 g/mol. The highest BCUT2D eigenvalue weighted by molar-refractivity contribution is 9.10. The van der Waals surface area contributed by atoms with E-state index in [-0.39, 0.29) is 0 Å². The van der Waals surface area contributed by atoms with Crippen molar-refractivity contribution < 1.29 is 9.90 Å². The van der Waals surface area contributed by atoms with Crippen molar-refractivity contribution in [3.63, 3.8) is 0 Å². The van der Waals surface area contributed by atoms with Crippen LogP contribution in [0.25, 0.3) is 11.3 Å². The topological polar surface area (TPSA) is 42.2 Å². The molecular weight excluding hydrogens is 306 g/mol. The van der Waals surface area contributed by atoms with E-state index in [1.165, 1.54) is 0 Å². The molecule has 3 nitrogen and oxygen atoms in total. The van der Waals surface area contributed by atoms with Gasteiger partial charge in [0.1, 0.15) is 5.69 Å². The molecule has 0 bridgehead atoms. The molecule has 2 aromatic rings. The van der Waals surface area contributed by atoms with Crippen LogP contribution in [0.5, 0.6) is 0 Å². The zero-order valence-electron chi connectivity index (χ0n) is 11.0. The van der Waals surface area contributed by atoms with E-state index < -0.39 is 5.97 Å². The van der Waals surface area contributed by atoms with Crippen molar-refractivity contribution in [1.82, 2.24) is 4.57 Å². The quantitative estimate of drug-likeness (QED) is 0.910. The first-order valence-corrected chi connectivity index (χ1v) is 7.03. The summed E-state index contributed by atoms with van der Waals surface area (Å²) in [4.78, 5) is 11.2. The summed E-state index contributed by atoms with van der Waals surface area (Å²) in [5, 5.41) is 9.22. The Morgan fingerprint density at radius 3 is 2.63 bits per heavy atom. The normalized spacial score (nSPS) is 10.7. The highest BCUT2D eigenvalue weighted by Gasteiger charge is 2.14. The third-order valence-electron chi connectivity index (χ3n) is 3.10. The van der Waals surface area contributed by atoms with Gasteiger partial charge in [-0.15, -0.1) is 0 Å². The van der Waals surface area contributed by atoms with Gasteiger partial charge in [-0.3, -0.25) is 0 Å². The number of hydrogen-bond donors (Lipinski definition) is 1. The first-order chi connectivity index (χ1) is 9.04. The summed E-state index contributed by atoms with van der Waals surface area (Å²) in [6.45, 7) is 4.78. The molecule has 1 aromatic carbocycles.